The molecule has 0 fully saturated rings. The number of likely N-dealkylation sites (N-methyl/N-ethyl adjacent to an activating group) is 1. The Morgan fingerprint density at radius 3 is 2.42 bits per heavy atom. The number of hydrogen-bond acceptors (Lipinski definition) is 4. The van der Waals surface area contributed by atoms with Gasteiger partial charge < -0.3 is 0 Å². The highest BCUT2D eigenvalue weighted by Crippen LogP contribution is 2.19. The zero-order valence-electron chi connectivity index (χ0n) is 11.7. The average Bonchev–Trinajstić information content (AvgIpc) is 2.87. The van der Waals surface area contributed by atoms with Crippen LogP contribution in [-0.4, -0.2) is 45.3 Å². The summed E-state index contributed by atoms with van der Waals surface area (Å²) in [5, 5.41) is 7.87. The van der Waals surface area contributed by atoms with Crippen LogP contribution >= 0.6 is 0 Å². The molecule has 0 spiro atoms. The van der Waals surface area contributed by atoms with E-state index in [1.54, 1.807) is 4.68 Å². The maximum atomic E-state index is 12.6. The standard InChI is InChI=1S/C14H18N4O/c1-14(2,17(3)4)13(19)12-10-15-16-18(12)11-8-6-5-7-9-11/h5-10H,1-4H3. The van der Waals surface area contributed by atoms with E-state index in [-0.39, 0.29) is 5.78 Å². The third-order valence-corrected chi connectivity index (χ3v) is 3.46. The largest absolute Gasteiger partial charge is 0.297 e. The second-order valence-corrected chi connectivity index (χ2v) is 5.15. The molecule has 0 aliphatic carbocycles. The summed E-state index contributed by atoms with van der Waals surface area (Å²) in [4.78, 5) is 14.5. The van der Waals surface area contributed by atoms with E-state index in [4.69, 9.17) is 0 Å². The molecule has 0 amide bonds. The zero-order chi connectivity index (χ0) is 14.0. The highest BCUT2D eigenvalue weighted by atomic mass is 16.1. The van der Waals surface area contributed by atoms with Crippen LogP contribution in [0.3, 0.4) is 0 Å². The number of ketones is 1. The Morgan fingerprint density at radius 2 is 1.84 bits per heavy atom. The number of para-hydroxylation sites is 1. The van der Waals surface area contributed by atoms with E-state index in [0.29, 0.717) is 5.69 Å². The molecule has 1 aromatic carbocycles. The summed E-state index contributed by atoms with van der Waals surface area (Å²) in [5.74, 6) is -0.00801. The van der Waals surface area contributed by atoms with Crippen molar-refractivity contribution in [2.75, 3.05) is 14.1 Å². The van der Waals surface area contributed by atoms with Crippen molar-refractivity contribution >= 4 is 5.78 Å². The number of carbonyl (C=O) groups is 1. The molecule has 0 saturated carbocycles. The number of hydrogen-bond donors (Lipinski definition) is 0. The molecule has 5 heteroatoms. The summed E-state index contributed by atoms with van der Waals surface area (Å²) < 4.78 is 1.58. The van der Waals surface area contributed by atoms with Crippen LogP contribution in [0, 0.1) is 0 Å². The lowest BCUT2D eigenvalue weighted by Gasteiger charge is -2.30. The van der Waals surface area contributed by atoms with Gasteiger partial charge in [-0.1, -0.05) is 23.4 Å². The third kappa shape index (κ3) is 2.42. The maximum absolute atomic E-state index is 12.6. The molecule has 19 heavy (non-hydrogen) atoms. The molecule has 2 aromatic rings. The molecule has 5 nitrogen and oxygen atoms in total. The average molecular weight is 258 g/mol. The first-order chi connectivity index (χ1) is 8.94. The van der Waals surface area contributed by atoms with Crippen LogP contribution in [0.1, 0.15) is 24.3 Å². The highest BCUT2D eigenvalue weighted by Gasteiger charge is 2.33. The van der Waals surface area contributed by atoms with Crippen molar-refractivity contribution in [2.24, 2.45) is 0 Å². The van der Waals surface area contributed by atoms with E-state index in [2.05, 4.69) is 10.3 Å². The van der Waals surface area contributed by atoms with Crippen LogP contribution in [-0.2, 0) is 0 Å². The molecule has 0 unspecified atom stereocenters. The lowest BCUT2D eigenvalue weighted by Crippen LogP contribution is -2.46. The molecule has 0 aliphatic heterocycles. The topological polar surface area (TPSA) is 51.0 Å². The minimum Gasteiger partial charge on any atom is -0.297 e. The van der Waals surface area contributed by atoms with E-state index < -0.39 is 5.54 Å². The van der Waals surface area contributed by atoms with Crippen molar-refractivity contribution in [3.05, 3.63) is 42.2 Å². The van der Waals surface area contributed by atoms with Gasteiger partial charge in [0.15, 0.2) is 0 Å². The van der Waals surface area contributed by atoms with Crippen LogP contribution in [0.25, 0.3) is 5.69 Å². The minimum atomic E-state index is -0.603. The fourth-order valence-electron chi connectivity index (χ4n) is 1.67. The lowest BCUT2D eigenvalue weighted by atomic mass is 9.95. The Balaban J connectivity index is 2.44. The van der Waals surface area contributed by atoms with E-state index in [1.807, 2.05) is 63.2 Å². The number of benzene rings is 1. The summed E-state index contributed by atoms with van der Waals surface area (Å²) >= 11 is 0. The van der Waals surface area contributed by atoms with Crippen molar-refractivity contribution in [2.45, 2.75) is 19.4 Å². The molecular formula is C14H18N4O. The lowest BCUT2D eigenvalue weighted by molar-refractivity contribution is 0.0747. The maximum Gasteiger partial charge on any atom is 0.202 e. The summed E-state index contributed by atoms with van der Waals surface area (Å²) in [6.45, 7) is 3.77. The number of carbonyl (C=O) groups excluding carboxylic acids is 1. The zero-order valence-corrected chi connectivity index (χ0v) is 11.7. The first kappa shape index (κ1) is 13.4. The van der Waals surface area contributed by atoms with Gasteiger partial charge in [-0.2, -0.15) is 0 Å². The van der Waals surface area contributed by atoms with Crippen molar-refractivity contribution < 1.29 is 4.79 Å². The molecule has 0 saturated heterocycles. The second kappa shape index (κ2) is 4.93. The van der Waals surface area contributed by atoms with Crippen LogP contribution in [0.15, 0.2) is 36.5 Å². The van der Waals surface area contributed by atoms with Gasteiger partial charge in [-0.05, 0) is 40.1 Å². The first-order valence-electron chi connectivity index (χ1n) is 6.13. The predicted octanol–water partition coefficient (Wildman–Crippen LogP) is 1.79. The van der Waals surface area contributed by atoms with Gasteiger partial charge in [0.1, 0.15) is 5.69 Å². The molecule has 0 aliphatic rings. The third-order valence-electron chi connectivity index (χ3n) is 3.46. The van der Waals surface area contributed by atoms with Crippen LogP contribution in [0.2, 0.25) is 0 Å². The molecule has 0 atom stereocenters. The molecule has 0 N–H and O–H groups in total. The normalized spacial score (nSPS) is 11.8. The first-order valence-corrected chi connectivity index (χ1v) is 6.13. The summed E-state index contributed by atoms with van der Waals surface area (Å²) in [7, 11) is 3.77. The molecule has 2 rings (SSSR count). The van der Waals surface area contributed by atoms with Crippen LogP contribution in [0.4, 0.5) is 0 Å². The SMILES string of the molecule is CN(C)C(C)(C)C(=O)c1cnnn1-c1ccccc1. The van der Waals surface area contributed by atoms with E-state index in [1.165, 1.54) is 6.20 Å². The molecule has 100 valence electrons. The van der Waals surface area contributed by atoms with Gasteiger partial charge in [-0.3, -0.25) is 9.69 Å². The monoisotopic (exact) mass is 258 g/mol. The highest BCUT2D eigenvalue weighted by molar-refractivity contribution is 6.01. The van der Waals surface area contributed by atoms with E-state index in [9.17, 15) is 4.79 Å². The van der Waals surface area contributed by atoms with Crippen LogP contribution < -0.4 is 0 Å². The van der Waals surface area contributed by atoms with Crippen molar-refractivity contribution in [1.82, 2.24) is 19.9 Å². The molecule has 0 radical (unpaired) electrons. The Morgan fingerprint density at radius 1 is 1.21 bits per heavy atom. The number of aromatic nitrogens is 3. The van der Waals surface area contributed by atoms with Crippen molar-refractivity contribution in [3.63, 3.8) is 0 Å². The Kier molecular flexibility index (Phi) is 3.48. The van der Waals surface area contributed by atoms with Gasteiger partial charge in [0.25, 0.3) is 0 Å². The van der Waals surface area contributed by atoms with Crippen molar-refractivity contribution in [3.8, 4) is 5.69 Å². The van der Waals surface area contributed by atoms with Gasteiger partial charge in [-0.15, -0.1) is 5.10 Å². The quantitative estimate of drug-likeness (QED) is 0.785. The predicted molar refractivity (Wildman–Crippen MR) is 73.5 cm³/mol. The minimum absolute atomic E-state index is 0.00801. The summed E-state index contributed by atoms with van der Waals surface area (Å²) in [6.07, 6.45) is 1.51. The van der Waals surface area contributed by atoms with Gasteiger partial charge in [0.2, 0.25) is 5.78 Å². The number of rotatable bonds is 4. The van der Waals surface area contributed by atoms with Gasteiger partial charge in [0.05, 0.1) is 17.4 Å². The Bertz CT molecular complexity index is 572. The fourth-order valence-corrected chi connectivity index (χ4v) is 1.67. The fraction of sp³-hybridized carbons (Fsp3) is 0.357. The van der Waals surface area contributed by atoms with Gasteiger partial charge in [0, 0.05) is 0 Å². The van der Waals surface area contributed by atoms with Gasteiger partial charge in [-0.25, -0.2) is 4.68 Å². The van der Waals surface area contributed by atoms with Gasteiger partial charge >= 0.3 is 0 Å². The van der Waals surface area contributed by atoms with E-state index in [0.717, 1.165) is 5.69 Å². The second-order valence-electron chi connectivity index (χ2n) is 5.15. The smallest absolute Gasteiger partial charge is 0.202 e. The molecular weight excluding hydrogens is 240 g/mol. The number of Topliss-reactive ketones (excluding diaryl/α,β-unsaturated/α-hetero) is 1. The number of nitrogens with zero attached hydrogens (tertiary/aromatic N) is 4. The van der Waals surface area contributed by atoms with Crippen LogP contribution in [0.5, 0.6) is 0 Å². The summed E-state index contributed by atoms with van der Waals surface area (Å²) in [6, 6.07) is 9.53. The molecule has 1 aromatic heterocycles. The Hall–Kier alpha value is -2.01. The summed E-state index contributed by atoms with van der Waals surface area (Å²) in [5.41, 5.74) is 0.719. The Labute approximate surface area is 112 Å². The van der Waals surface area contributed by atoms with Crippen molar-refractivity contribution in [1.29, 1.82) is 0 Å². The molecule has 1 heterocycles. The van der Waals surface area contributed by atoms with E-state index >= 15 is 0 Å². The molecule has 0 bridgehead atoms.